The second-order valence-electron chi connectivity index (χ2n) is 6.93. The van der Waals surface area contributed by atoms with Crippen LogP contribution >= 0.6 is 0 Å². The first kappa shape index (κ1) is 20.7. The molecule has 154 valence electrons. The summed E-state index contributed by atoms with van der Waals surface area (Å²) in [4.78, 5) is 9.36. The molecule has 3 rings (SSSR count). The summed E-state index contributed by atoms with van der Waals surface area (Å²) in [5, 5.41) is 12.1. The van der Waals surface area contributed by atoms with Crippen molar-refractivity contribution in [1.82, 2.24) is 29.7 Å². The van der Waals surface area contributed by atoms with Crippen LogP contribution in [0.3, 0.4) is 0 Å². The summed E-state index contributed by atoms with van der Waals surface area (Å²) in [5.74, 6) is 0. The molecule has 0 spiro atoms. The third kappa shape index (κ3) is 4.71. The van der Waals surface area contributed by atoms with Gasteiger partial charge in [-0.3, -0.25) is 9.67 Å². The van der Waals surface area contributed by atoms with Crippen molar-refractivity contribution < 1.29 is 0 Å². The van der Waals surface area contributed by atoms with Gasteiger partial charge >= 0.3 is 0 Å². The number of nitrogens with two attached hydrogens (primary N) is 1. The van der Waals surface area contributed by atoms with Crippen LogP contribution in [-0.4, -0.2) is 50.7 Å². The van der Waals surface area contributed by atoms with Crippen LogP contribution in [0.1, 0.15) is 44.8 Å². The Kier molecular flexibility index (Phi) is 7.13. The van der Waals surface area contributed by atoms with Crippen molar-refractivity contribution >= 4 is 17.3 Å². The molecule has 3 heterocycles. The van der Waals surface area contributed by atoms with Gasteiger partial charge in [-0.2, -0.15) is 10.2 Å². The van der Waals surface area contributed by atoms with Gasteiger partial charge in [-0.15, -0.1) is 0 Å². The Hall–Kier alpha value is -3.00. The number of aromatic nitrogens is 5. The van der Waals surface area contributed by atoms with E-state index in [-0.39, 0.29) is 0 Å². The van der Waals surface area contributed by atoms with Crippen molar-refractivity contribution in [2.24, 2.45) is 10.7 Å². The lowest BCUT2D eigenvalue weighted by atomic mass is 10.1. The summed E-state index contributed by atoms with van der Waals surface area (Å²) in [7, 11) is 1.94. The van der Waals surface area contributed by atoms with Gasteiger partial charge in [0.1, 0.15) is 0 Å². The molecule has 0 aliphatic heterocycles. The molecule has 0 fully saturated rings. The van der Waals surface area contributed by atoms with Gasteiger partial charge in [-0.25, -0.2) is 9.50 Å². The van der Waals surface area contributed by atoms with Crippen molar-refractivity contribution in [3.05, 3.63) is 42.7 Å². The zero-order chi connectivity index (χ0) is 20.6. The highest BCUT2D eigenvalue weighted by atomic mass is 15.3. The first-order valence-electron chi connectivity index (χ1n) is 10.2. The Balaban J connectivity index is 1.96. The molecule has 3 aromatic heterocycles. The molecule has 0 atom stereocenters. The van der Waals surface area contributed by atoms with Gasteiger partial charge in [0.2, 0.25) is 0 Å². The number of rotatable bonds is 10. The van der Waals surface area contributed by atoms with E-state index in [4.69, 9.17) is 10.7 Å². The number of fused-ring (bicyclic) bond motifs is 1. The molecule has 0 aliphatic rings. The SMILES string of the molecule is CCC(CC)n1cc(-c2nc(C(C=NCCCNC)=CN)cn3nccc23)cn1. The van der Waals surface area contributed by atoms with Gasteiger partial charge < -0.3 is 11.1 Å². The van der Waals surface area contributed by atoms with Crippen LogP contribution in [0.15, 0.2) is 42.0 Å². The van der Waals surface area contributed by atoms with Crippen molar-refractivity contribution in [3.8, 4) is 11.3 Å². The van der Waals surface area contributed by atoms with E-state index in [1.165, 1.54) is 6.20 Å². The van der Waals surface area contributed by atoms with E-state index in [2.05, 4.69) is 40.6 Å². The quantitative estimate of drug-likeness (QED) is 0.407. The lowest BCUT2D eigenvalue weighted by molar-refractivity contribution is 0.428. The molecule has 0 saturated carbocycles. The maximum Gasteiger partial charge on any atom is 0.0999 e. The van der Waals surface area contributed by atoms with Crippen LogP contribution in [0.4, 0.5) is 0 Å². The number of allylic oxidation sites excluding steroid dienone is 1. The third-order valence-electron chi connectivity index (χ3n) is 5.00. The smallest absolute Gasteiger partial charge is 0.0999 e. The molecule has 3 N–H and O–H groups in total. The minimum Gasteiger partial charge on any atom is -0.404 e. The van der Waals surface area contributed by atoms with Crippen molar-refractivity contribution in [1.29, 1.82) is 0 Å². The fraction of sp³-hybridized carbons (Fsp3) is 0.429. The minimum absolute atomic E-state index is 0.386. The van der Waals surface area contributed by atoms with Crippen LogP contribution in [-0.2, 0) is 0 Å². The molecule has 0 radical (unpaired) electrons. The van der Waals surface area contributed by atoms with E-state index < -0.39 is 0 Å². The number of aliphatic imine (C=N–C) groups is 1. The van der Waals surface area contributed by atoms with E-state index in [1.54, 1.807) is 12.4 Å². The fourth-order valence-electron chi connectivity index (χ4n) is 3.31. The van der Waals surface area contributed by atoms with Crippen LogP contribution < -0.4 is 11.1 Å². The van der Waals surface area contributed by atoms with Gasteiger partial charge in [-0.05, 0) is 38.9 Å². The maximum absolute atomic E-state index is 5.88. The Morgan fingerprint density at radius 1 is 1.28 bits per heavy atom. The van der Waals surface area contributed by atoms with Gasteiger partial charge in [0, 0.05) is 36.3 Å². The van der Waals surface area contributed by atoms with Gasteiger partial charge in [-0.1, -0.05) is 13.8 Å². The molecule has 0 amide bonds. The molecule has 0 bridgehead atoms. The molecule has 8 nitrogen and oxygen atoms in total. The van der Waals surface area contributed by atoms with Crippen LogP contribution in [0.2, 0.25) is 0 Å². The molecule has 0 aliphatic carbocycles. The van der Waals surface area contributed by atoms with E-state index in [9.17, 15) is 0 Å². The number of hydrogen-bond acceptors (Lipinski definition) is 6. The maximum atomic E-state index is 5.88. The van der Waals surface area contributed by atoms with E-state index in [0.717, 1.165) is 60.4 Å². The second kappa shape index (κ2) is 9.97. The molecule has 0 saturated heterocycles. The van der Waals surface area contributed by atoms with Gasteiger partial charge in [0.15, 0.2) is 0 Å². The average Bonchev–Trinajstić information content (AvgIpc) is 3.41. The highest BCUT2D eigenvalue weighted by Crippen LogP contribution is 2.26. The molecule has 0 unspecified atom stereocenters. The van der Waals surface area contributed by atoms with E-state index in [1.807, 2.05) is 34.7 Å². The van der Waals surface area contributed by atoms with Crippen LogP contribution in [0.5, 0.6) is 0 Å². The lowest BCUT2D eigenvalue weighted by Crippen LogP contribution is -2.08. The molecule has 0 aromatic carbocycles. The Morgan fingerprint density at radius 2 is 2.10 bits per heavy atom. The highest BCUT2D eigenvalue weighted by molar-refractivity contribution is 6.09. The standard InChI is InChI=1S/C21H30N8/c1-4-18(5-2)28-14-17(13-26-28)21-20-7-10-25-29(20)15-19(27-21)16(11-22)12-24-9-6-8-23-3/h7,10-15,18,23H,4-6,8-9,22H2,1-3H3. The Labute approximate surface area is 171 Å². The van der Waals surface area contributed by atoms with Crippen molar-refractivity contribution in [2.45, 2.75) is 39.2 Å². The summed E-state index contributed by atoms with van der Waals surface area (Å²) in [6, 6.07) is 2.34. The zero-order valence-electron chi connectivity index (χ0n) is 17.4. The summed E-state index contributed by atoms with van der Waals surface area (Å²) >= 11 is 0. The fourth-order valence-corrected chi connectivity index (χ4v) is 3.31. The third-order valence-corrected chi connectivity index (χ3v) is 5.00. The summed E-state index contributed by atoms with van der Waals surface area (Å²) in [5.41, 5.74) is 10.1. The Bertz CT molecular complexity index is 978. The molecule has 29 heavy (non-hydrogen) atoms. The predicted octanol–water partition coefficient (Wildman–Crippen LogP) is 2.93. The number of nitrogens with zero attached hydrogens (tertiary/aromatic N) is 6. The largest absolute Gasteiger partial charge is 0.404 e. The van der Waals surface area contributed by atoms with Gasteiger partial charge in [0.25, 0.3) is 0 Å². The van der Waals surface area contributed by atoms with Crippen molar-refractivity contribution in [3.63, 3.8) is 0 Å². The first-order chi connectivity index (χ1) is 14.2. The summed E-state index contributed by atoms with van der Waals surface area (Å²) in [6.07, 6.45) is 14.0. The monoisotopic (exact) mass is 394 g/mol. The first-order valence-corrected chi connectivity index (χ1v) is 10.2. The summed E-state index contributed by atoms with van der Waals surface area (Å²) in [6.45, 7) is 6.02. The lowest BCUT2D eigenvalue weighted by Gasteiger charge is -2.12. The minimum atomic E-state index is 0.386. The zero-order valence-corrected chi connectivity index (χ0v) is 17.4. The number of nitrogens with one attached hydrogen (secondary N) is 1. The number of hydrogen-bond donors (Lipinski definition) is 2. The average molecular weight is 395 g/mol. The molecular formula is C21H30N8. The molecular weight excluding hydrogens is 364 g/mol. The predicted molar refractivity (Wildman–Crippen MR) is 118 cm³/mol. The van der Waals surface area contributed by atoms with Gasteiger partial charge in [0.05, 0.1) is 41.5 Å². The molecule has 8 heteroatoms. The highest BCUT2D eigenvalue weighted by Gasteiger charge is 2.15. The van der Waals surface area contributed by atoms with Crippen molar-refractivity contribution in [2.75, 3.05) is 20.1 Å². The summed E-state index contributed by atoms with van der Waals surface area (Å²) < 4.78 is 3.85. The molecule has 3 aromatic rings. The second-order valence-corrected chi connectivity index (χ2v) is 6.93. The topological polar surface area (TPSA) is 98.4 Å². The van der Waals surface area contributed by atoms with E-state index >= 15 is 0 Å². The van der Waals surface area contributed by atoms with Crippen LogP contribution in [0, 0.1) is 0 Å². The Morgan fingerprint density at radius 3 is 2.83 bits per heavy atom. The normalized spacial score (nSPS) is 12.6. The van der Waals surface area contributed by atoms with E-state index in [0.29, 0.717) is 6.04 Å². The van der Waals surface area contributed by atoms with Crippen LogP contribution in [0.25, 0.3) is 22.3 Å².